The largest absolute Gasteiger partial charge is 0.481 e. The van der Waals surface area contributed by atoms with Crippen molar-refractivity contribution >= 4 is 21.7 Å². The maximum absolute atomic E-state index is 13.2. The van der Waals surface area contributed by atoms with Gasteiger partial charge in [-0.2, -0.15) is 0 Å². The Morgan fingerprint density at radius 1 is 0.950 bits per heavy atom. The lowest BCUT2D eigenvalue weighted by molar-refractivity contribution is -0.136. The summed E-state index contributed by atoms with van der Waals surface area (Å²) in [6.07, 6.45) is -0.912. The Labute approximate surface area is 109 Å². The molecule has 0 saturated carbocycles. The number of sulfonamides is 1. The molecule has 2 N–H and O–H groups in total. The van der Waals surface area contributed by atoms with Gasteiger partial charge in [-0.1, -0.05) is 0 Å². The van der Waals surface area contributed by atoms with E-state index in [9.17, 15) is 35.2 Å². The van der Waals surface area contributed by atoms with E-state index in [1.807, 2.05) is 0 Å². The summed E-state index contributed by atoms with van der Waals surface area (Å²) < 4.78 is 88.3. The first-order valence-electron chi connectivity index (χ1n) is 4.80. The molecule has 0 aromatic heterocycles. The number of aliphatic carboxylic acids is 1. The Morgan fingerprint density at radius 3 is 1.75 bits per heavy atom. The number of carbonyl (C=O) groups is 1. The van der Waals surface area contributed by atoms with Crippen LogP contribution in [0.1, 0.15) is 6.42 Å². The third-order valence-corrected chi connectivity index (χ3v) is 3.31. The van der Waals surface area contributed by atoms with Gasteiger partial charge in [0.2, 0.25) is 15.8 Å². The average Bonchev–Trinajstić information content (AvgIpc) is 2.37. The molecule has 0 unspecified atom stereocenters. The molecule has 11 heteroatoms. The number of anilines is 1. The van der Waals surface area contributed by atoms with E-state index < -0.39 is 62.9 Å². The van der Waals surface area contributed by atoms with Gasteiger partial charge in [0, 0.05) is 0 Å². The molecule has 1 rings (SSSR count). The zero-order valence-corrected chi connectivity index (χ0v) is 10.2. The predicted octanol–water partition coefficient (Wildman–Crippen LogP) is 1.60. The minimum absolute atomic E-state index is 0.912. The van der Waals surface area contributed by atoms with Crippen molar-refractivity contribution in [3.05, 3.63) is 29.1 Å². The molecule has 20 heavy (non-hydrogen) atoms. The summed E-state index contributed by atoms with van der Waals surface area (Å²) in [6, 6.07) is 0. The molecule has 0 aliphatic carbocycles. The standard InChI is InChI=1S/C9H6F5NO4S/c10-4-5(11)7(13)9(8(14)6(4)12)15-20(18,19)2-1-3(16)17/h15H,1-2H2,(H,16,17). The van der Waals surface area contributed by atoms with Crippen molar-refractivity contribution in [2.75, 3.05) is 10.5 Å². The van der Waals surface area contributed by atoms with Crippen LogP contribution in [0.4, 0.5) is 27.6 Å². The van der Waals surface area contributed by atoms with Crippen molar-refractivity contribution in [2.45, 2.75) is 6.42 Å². The number of nitrogens with one attached hydrogen (secondary N) is 1. The van der Waals surface area contributed by atoms with Crippen LogP contribution in [-0.2, 0) is 14.8 Å². The maximum Gasteiger partial charge on any atom is 0.304 e. The van der Waals surface area contributed by atoms with E-state index in [1.165, 1.54) is 0 Å². The van der Waals surface area contributed by atoms with Crippen LogP contribution in [0.2, 0.25) is 0 Å². The molecule has 1 aromatic carbocycles. The second kappa shape index (κ2) is 5.61. The van der Waals surface area contributed by atoms with Crippen molar-refractivity contribution in [1.29, 1.82) is 0 Å². The van der Waals surface area contributed by atoms with E-state index in [0.717, 1.165) is 4.72 Å². The van der Waals surface area contributed by atoms with Gasteiger partial charge in [-0.25, -0.2) is 30.4 Å². The third-order valence-electron chi connectivity index (χ3n) is 2.05. The number of hydrogen-bond acceptors (Lipinski definition) is 3. The molecular weight excluding hydrogens is 313 g/mol. The highest BCUT2D eigenvalue weighted by Crippen LogP contribution is 2.27. The summed E-state index contributed by atoms with van der Waals surface area (Å²) in [5.74, 6) is -14.4. The minimum atomic E-state index is -4.59. The van der Waals surface area contributed by atoms with E-state index >= 15 is 0 Å². The monoisotopic (exact) mass is 319 g/mol. The van der Waals surface area contributed by atoms with Crippen LogP contribution in [-0.4, -0.2) is 25.2 Å². The van der Waals surface area contributed by atoms with Gasteiger partial charge in [0.15, 0.2) is 23.3 Å². The molecule has 0 amide bonds. The van der Waals surface area contributed by atoms with E-state index in [4.69, 9.17) is 5.11 Å². The zero-order valence-electron chi connectivity index (χ0n) is 9.38. The molecule has 0 bridgehead atoms. The maximum atomic E-state index is 13.2. The summed E-state index contributed by atoms with van der Waals surface area (Å²) in [7, 11) is -4.59. The van der Waals surface area contributed by atoms with Gasteiger partial charge in [-0.3, -0.25) is 9.52 Å². The fourth-order valence-corrected chi connectivity index (χ4v) is 2.16. The Balaban J connectivity index is 3.19. The fourth-order valence-electron chi connectivity index (χ4n) is 1.12. The number of rotatable bonds is 5. The average molecular weight is 319 g/mol. The summed E-state index contributed by atoms with van der Waals surface area (Å²) >= 11 is 0. The molecule has 0 fully saturated rings. The van der Waals surface area contributed by atoms with E-state index in [-0.39, 0.29) is 0 Å². The second-order valence-electron chi connectivity index (χ2n) is 3.51. The molecule has 0 spiro atoms. The molecule has 112 valence electrons. The number of hydrogen-bond donors (Lipinski definition) is 2. The van der Waals surface area contributed by atoms with Crippen LogP contribution in [0, 0.1) is 29.1 Å². The molecule has 0 saturated heterocycles. The van der Waals surface area contributed by atoms with E-state index in [1.54, 1.807) is 0 Å². The van der Waals surface area contributed by atoms with Crippen LogP contribution in [0.5, 0.6) is 0 Å². The molecule has 0 heterocycles. The van der Waals surface area contributed by atoms with Crippen LogP contribution >= 0.6 is 0 Å². The Morgan fingerprint density at radius 2 is 1.35 bits per heavy atom. The highest BCUT2D eigenvalue weighted by Gasteiger charge is 2.28. The highest BCUT2D eigenvalue weighted by atomic mass is 32.2. The van der Waals surface area contributed by atoms with Gasteiger partial charge in [0.1, 0.15) is 5.69 Å². The Bertz CT molecular complexity index is 632. The van der Waals surface area contributed by atoms with Gasteiger partial charge in [0.25, 0.3) is 0 Å². The normalized spacial score (nSPS) is 11.4. The second-order valence-corrected chi connectivity index (χ2v) is 5.35. The van der Waals surface area contributed by atoms with Crippen LogP contribution in [0.3, 0.4) is 0 Å². The van der Waals surface area contributed by atoms with Gasteiger partial charge < -0.3 is 5.11 Å². The lowest BCUT2D eigenvalue weighted by Crippen LogP contribution is -2.21. The van der Waals surface area contributed by atoms with Gasteiger partial charge in [0.05, 0.1) is 12.2 Å². The lowest BCUT2D eigenvalue weighted by Gasteiger charge is -2.10. The SMILES string of the molecule is O=C(O)CCS(=O)(=O)Nc1c(F)c(F)c(F)c(F)c1F. The van der Waals surface area contributed by atoms with Gasteiger partial charge in [-0.15, -0.1) is 0 Å². The van der Waals surface area contributed by atoms with Crippen molar-refractivity contribution < 1.29 is 40.3 Å². The number of halogens is 5. The molecule has 0 aliphatic rings. The van der Waals surface area contributed by atoms with Crippen LogP contribution < -0.4 is 4.72 Å². The van der Waals surface area contributed by atoms with Crippen molar-refractivity contribution in [3.8, 4) is 0 Å². The topological polar surface area (TPSA) is 83.5 Å². The van der Waals surface area contributed by atoms with Crippen molar-refractivity contribution in [1.82, 2.24) is 0 Å². The first-order valence-corrected chi connectivity index (χ1v) is 6.45. The predicted molar refractivity (Wildman–Crippen MR) is 55.9 cm³/mol. The van der Waals surface area contributed by atoms with Gasteiger partial charge in [-0.05, 0) is 0 Å². The van der Waals surface area contributed by atoms with Crippen molar-refractivity contribution in [3.63, 3.8) is 0 Å². The van der Waals surface area contributed by atoms with E-state index in [0.29, 0.717) is 0 Å². The third kappa shape index (κ3) is 3.35. The zero-order chi connectivity index (χ0) is 15.7. The summed E-state index contributed by atoms with van der Waals surface area (Å²) in [5, 5.41) is 8.27. The number of carboxylic acid groups (broad SMARTS) is 1. The lowest BCUT2D eigenvalue weighted by atomic mass is 10.2. The van der Waals surface area contributed by atoms with Crippen LogP contribution in [0.15, 0.2) is 0 Å². The smallest absolute Gasteiger partial charge is 0.304 e. The minimum Gasteiger partial charge on any atom is -0.481 e. The number of benzene rings is 1. The first kappa shape index (κ1) is 16.1. The summed E-state index contributed by atoms with van der Waals surface area (Å²) in [5.41, 5.74) is -1.76. The molecule has 0 aliphatic heterocycles. The summed E-state index contributed by atoms with van der Waals surface area (Å²) in [6.45, 7) is 0. The van der Waals surface area contributed by atoms with Gasteiger partial charge >= 0.3 is 5.97 Å². The first-order chi connectivity index (χ1) is 9.07. The summed E-state index contributed by atoms with van der Waals surface area (Å²) in [4.78, 5) is 10.2. The molecular formula is C9H6F5NO4S. The Hall–Kier alpha value is -1.91. The number of carboxylic acids is 1. The Kier molecular flexibility index (Phi) is 4.53. The van der Waals surface area contributed by atoms with Crippen molar-refractivity contribution in [2.24, 2.45) is 0 Å². The highest BCUT2D eigenvalue weighted by molar-refractivity contribution is 7.92. The molecule has 1 aromatic rings. The molecule has 5 nitrogen and oxygen atoms in total. The quantitative estimate of drug-likeness (QED) is 0.490. The molecule has 0 radical (unpaired) electrons. The van der Waals surface area contributed by atoms with E-state index in [2.05, 4.69) is 0 Å². The fraction of sp³-hybridized carbons (Fsp3) is 0.222. The molecule has 0 atom stereocenters. The van der Waals surface area contributed by atoms with Crippen LogP contribution in [0.25, 0.3) is 0 Å².